The van der Waals surface area contributed by atoms with Crippen molar-refractivity contribution < 1.29 is 23.4 Å². The number of ether oxygens (including phenoxy) is 3. The lowest BCUT2D eigenvalue weighted by Crippen LogP contribution is -2.50. The van der Waals surface area contributed by atoms with Gasteiger partial charge in [0, 0.05) is 30.5 Å². The van der Waals surface area contributed by atoms with Gasteiger partial charge in [0.15, 0.2) is 0 Å². The minimum absolute atomic E-state index is 0.152. The van der Waals surface area contributed by atoms with Gasteiger partial charge in [-0.25, -0.2) is 14.2 Å². The van der Waals surface area contributed by atoms with Crippen LogP contribution in [0.2, 0.25) is 0 Å². The summed E-state index contributed by atoms with van der Waals surface area (Å²) in [6.07, 6.45) is 2.76. The Kier molecular flexibility index (Phi) is 5.29. The number of hydrogen-bond acceptors (Lipinski definition) is 5. The number of rotatable bonds is 4. The molecule has 0 bridgehead atoms. The Labute approximate surface area is 162 Å². The van der Waals surface area contributed by atoms with Crippen molar-refractivity contribution in [3.05, 3.63) is 53.5 Å². The third-order valence-corrected chi connectivity index (χ3v) is 4.98. The lowest BCUT2D eigenvalue weighted by atomic mass is 10.0. The first-order valence-electron chi connectivity index (χ1n) is 9.22. The third-order valence-electron chi connectivity index (χ3n) is 4.98. The topological polar surface area (TPSA) is 81.7 Å². The zero-order valence-corrected chi connectivity index (χ0v) is 15.5. The average molecular weight is 387 g/mol. The average Bonchev–Trinajstić information content (AvgIpc) is 3.16. The van der Waals surface area contributed by atoms with Gasteiger partial charge >= 0.3 is 6.03 Å². The number of aromatic nitrogens is 1. The van der Waals surface area contributed by atoms with Gasteiger partial charge < -0.3 is 24.8 Å². The normalized spacial score (nSPS) is 23.4. The number of carbonyl (C=O) groups is 1. The fourth-order valence-electron chi connectivity index (χ4n) is 3.58. The number of fused-ring (bicyclic) bond motifs is 1. The molecule has 7 nitrogen and oxygen atoms in total. The van der Waals surface area contributed by atoms with Crippen molar-refractivity contribution in [2.45, 2.75) is 31.0 Å². The van der Waals surface area contributed by atoms with Crippen LogP contribution in [-0.2, 0) is 11.2 Å². The molecular formula is C20H22FN3O4. The maximum absolute atomic E-state index is 13.3. The van der Waals surface area contributed by atoms with Crippen LogP contribution in [0.4, 0.5) is 9.18 Å². The molecule has 0 radical (unpaired) electrons. The van der Waals surface area contributed by atoms with E-state index in [4.69, 9.17) is 14.2 Å². The van der Waals surface area contributed by atoms with Crippen LogP contribution in [0.1, 0.15) is 23.7 Å². The minimum atomic E-state index is -0.330. The van der Waals surface area contributed by atoms with E-state index in [9.17, 15) is 9.18 Å². The van der Waals surface area contributed by atoms with Crippen LogP contribution < -0.4 is 20.1 Å². The molecule has 3 atom stereocenters. The summed E-state index contributed by atoms with van der Waals surface area (Å²) in [6, 6.07) is 7.51. The predicted molar refractivity (Wildman–Crippen MR) is 98.9 cm³/mol. The summed E-state index contributed by atoms with van der Waals surface area (Å²) < 4.78 is 29.7. The van der Waals surface area contributed by atoms with Crippen molar-refractivity contribution in [3.8, 4) is 11.6 Å². The summed E-state index contributed by atoms with van der Waals surface area (Å²) in [5, 5.41) is 5.92. The Morgan fingerprint density at radius 3 is 2.96 bits per heavy atom. The zero-order valence-electron chi connectivity index (χ0n) is 15.5. The molecule has 1 aromatic carbocycles. The van der Waals surface area contributed by atoms with Crippen LogP contribution in [0.15, 0.2) is 36.5 Å². The Balaban J connectivity index is 1.34. The van der Waals surface area contributed by atoms with Gasteiger partial charge in [0.2, 0.25) is 5.88 Å². The highest BCUT2D eigenvalue weighted by Gasteiger charge is 2.32. The van der Waals surface area contributed by atoms with Crippen LogP contribution >= 0.6 is 0 Å². The Hall–Kier alpha value is -2.87. The van der Waals surface area contributed by atoms with E-state index >= 15 is 0 Å². The highest BCUT2D eigenvalue weighted by molar-refractivity contribution is 5.75. The number of amides is 2. The molecule has 2 aromatic rings. The van der Waals surface area contributed by atoms with Crippen molar-refractivity contribution in [2.75, 3.05) is 20.3 Å². The number of halogens is 1. The van der Waals surface area contributed by atoms with Gasteiger partial charge in [0.1, 0.15) is 24.3 Å². The first-order valence-corrected chi connectivity index (χ1v) is 9.22. The Bertz CT molecular complexity index is 846. The molecule has 1 unspecified atom stereocenters. The molecule has 2 aliphatic rings. The standard InChI is InChI=1S/C20H22FN3O4/c1-26-18-5-3-13(10-22-18)19-16(6-7-27-19)24-20(25)23-15-8-12-2-4-14(21)9-17(12)28-11-15/h2-5,9-10,15-16,19H,6-8,11H2,1H3,(H2,23,24,25)/t15?,16-,19+/m1/s1. The molecule has 148 valence electrons. The molecule has 8 heteroatoms. The number of nitrogens with one attached hydrogen (secondary N) is 2. The zero-order chi connectivity index (χ0) is 19.5. The fourth-order valence-corrected chi connectivity index (χ4v) is 3.58. The second-order valence-electron chi connectivity index (χ2n) is 6.90. The van der Waals surface area contributed by atoms with Gasteiger partial charge in [0.25, 0.3) is 0 Å². The van der Waals surface area contributed by atoms with Gasteiger partial charge in [-0.3, -0.25) is 0 Å². The maximum Gasteiger partial charge on any atom is 0.315 e. The SMILES string of the molecule is COc1ccc([C@@H]2OCC[C@H]2NC(=O)NC2COc3cc(F)ccc3C2)cn1. The molecule has 0 saturated carbocycles. The summed E-state index contributed by atoms with van der Waals surface area (Å²) in [6.45, 7) is 0.865. The van der Waals surface area contributed by atoms with E-state index in [0.717, 1.165) is 11.1 Å². The van der Waals surface area contributed by atoms with Crippen molar-refractivity contribution >= 4 is 6.03 Å². The highest BCUT2D eigenvalue weighted by Crippen LogP contribution is 2.29. The van der Waals surface area contributed by atoms with Crippen molar-refractivity contribution in [2.24, 2.45) is 0 Å². The maximum atomic E-state index is 13.3. The first kappa shape index (κ1) is 18.5. The minimum Gasteiger partial charge on any atom is -0.491 e. The van der Waals surface area contributed by atoms with E-state index in [2.05, 4.69) is 15.6 Å². The van der Waals surface area contributed by atoms with E-state index in [1.54, 1.807) is 25.4 Å². The van der Waals surface area contributed by atoms with Crippen molar-refractivity contribution in [1.82, 2.24) is 15.6 Å². The molecule has 28 heavy (non-hydrogen) atoms. The molecule has 2 amide bonds. The second-order valence-corrected chi connectivity index (χ2v) is 6.90. The van der Waals surface area contributed by atoms with Gasteiger partial charge in [0.05, 0.1) is 19.2 Å². The molecule has 0 aliphatic carbocycles. The molecule has 0 spiro atoms. The fraction of sp³-hybridized carbons (Fsp3) is 0.400. The molecular weight excluding hydrogens is 365 g/mol. The van der Waals surface area contributed by atoms with Crippen molar-refractivity contribution in [1.29, 1.82) is 0 Å². The van der Waals surface area contributed by atoms with E-state index in [1.165, 1.54) is 12.1 Å². The Morgan fingerprint density at radius 2 is 2.18 bits per heavy atom. The summed E-state index contributed by atoms with van der Waals surface area (Å²) in [5.74, 6) is 0.736. The lowest BCUT2D eigenvalue weighted by molar-refractivity contribution is 0.0993. The molecule has 3 heterocycles. The molecule has 2 aliphatic heterocycles. The number of hydrogen-bond donors (Lipinski definition) is 2. The van der Waals surface area contributed by atoms with Crippen molar-refractivity contribution in [3.63, 3.8) is 0 Å². The number of urea groups is 1. The van der Waals surface area contributed by atoms with Gasteiger partial charge in [-0.15, -0.1) is 0 Å². The van der Waals surface area contributed by atoms with Gasteiger partial charge in [-0.2, -0.15) is 0 Å². The van der Waals surface area contributed by atoms with Crippen LogP contribution in [0, 0.1) is 5.82 Å². The quantitative estimate of drug-likeness (QED) is 0.842. The number of pyridine rings is 1. The Morgan fingerprint density at radius 1 is 1.29 bits per heavy atom. The molecule has 1 saturated heterocycles. The van der Waals surface area contributed by atoms with E-state index < -0.39 is 0 Å². The van der Waals surface area contributed by atoms with Crippen LogP contribution in [-0.4, -0.2) is 43.4 Å². The summed E-state index contributed by atoms with van der Waals surface area (Å²) >= 11 is 0. The van der Waals surface area contributed by atoms with Crippen LogP contribution in [0.25, 0.3) is 0 Å². The number of benzene rings is 1. The van der Waals surface area contributed by atoms with Crippen LogP contribution in [0.3, 0.4) is 0 Å². The lowest BCUT2D eigenvalue weighted by Gasteiger charge is -2.27. The third kappa shape index (κ3) is 4.01. The van der Waals surface area contributed by atoms with Gasteiger partial charge in [-0.05, 0) is 30.5 Å². The van der Waals surface area contributed by atoms with Gasteiger partial charge in [-0.1, -0.05) is 6.07 Å². The molecule has 1 fully saturated rings. The highest BCUT2D eigenvalue weighted by atomic mass is 19.1. The second kappa shape index (κ2) is 8.02. The monoisotopic (exact) mass is 387 g/mol. The van der Waals surface area contributed by atoms with E-state index in [0.29, 0.717) is 37.7 Å². The molecule has 2 N–H and O–H groups in total. The smallest absolute Gasteiger partial charge is 0.315 e. The number of nitrogens with zero attached hydrogens (tertiary/aromatic N) is 1. The van der Waals surface area contributed by atoms with E-state index in [-0.39, 0.29) is 30.0 Å². The largest absolute Gasteiger partial charge is 0.491 e. The summed E-state index contributed by atoms with van der Waals surface area (Å²) in [4.78, 5) is 16.7. The van der Waals surface area contributed by atoms with Crippen LogP contribution in [0.5, 0.6) is 11.6 Å². The predicted octanol–water partition coefficient (Wildman–Crippen LogP) is 2.36. The summed E-state index contributed by atoms with van der Waals surface area (Å²) in [7, 11) is 1.56. The molecule has 4 rings (SSSR count). The number of carbonyl (C=O) groups excluding carboxylic acids is 1. The first-order chi connectivity index (χ1) is 13.6. The summed E-state index contributed by atoms with van der Waals surface area (Å²) in [5.41, 5.74) is 1.77. The molecule has 1 aromatic heterocycles. The van der Waals surface area contributed by atoms with E-state index in [1.807, 2.05) is 6.07 Å². The number of methoxy groups -OCH3 is 1.